The normalized spacial score (nSPS) is 10.7. The molecule has 0 saturated heterocycles. The van der Waals surface area contributed by atoms with Crippen LogP contribution < -0.4 is 5.32 Å². The Balaban J connectivity index is 1.86. The molecule has 1 N–H and O–H groups in total. The van der Waals surface area contributed by atoms with Crippen LogP contribution in [0.1, 0.15) is 37.3 Å². The van der Waals surface area contributed by atoms with E-state index in [1.54, 1.807) is 0 Å². The molecule has 2 nitrogen and oxygen atoms in total. The number of aryl methyl sites for hydroxylation is 1. The summed E-state index contributed by atoms with van der Waals surface area (Å²) in [7, 11) is 0. The lowest BCUT2D eigenvalue weighted by Crippen LogP contribution is -2.12. The molecule has 2 aromatic rings. The van der Waals surface area contributed by atoms with Crippen molar-refractivity contribution in [2.24, 2.45) is 0 Å². The second kappa shape index (κ2) is 7.41. The van der Waals surface area contributed by atoms with Crippen molar-refractivity contribution in [1.29, 1.82) is 0 Å². The number of benzene rings is 2. The first-order chi connectivity index (χ1) is 10.0. The number of amides is 1. The summed E-state index contributed by atoms with van der Waals surface area (Å²) in [6.07, 6.45) is 1.26. The number of halogens is 1. The fourth-order valence-electron chi connectivity index (χ4n) is 2.12. The summed E-state index contributed by atoms with van der Waals surface area (Å²) in [5.41, 5.74) is 3.35. The molecule has 0 aliphatic rings. The Morgan fingerprint density at radius 1 is 1.14 bits per heavy atom. The lowest BCUT2D eigenvalue weighted by molar-refractivity contribution is -0.116. The van der Waals surface area contributed by atoms with Gasteiger partial charge in [-0.3, -0.25) is 4.79 Å². The van der Waals surface area contributed by atoms with Crippen LogP contribution in [0.25, 0.3) is 0 Å². The predicted octanol–water partition coefficient (Wildman–Crippen LogP) is 5.14. The van der Waals surface area contributed by atoms with Crippen LogP contribution in [0.3, 0.4) is 0 Å². The highest BCUT2D eigenvalue weighted by molar-refractivity contribution is 9.10. The van der Waals surface area contributed by atoms with E-state index in [0.29, 0.717) is 12.3 Å². The number of rotatable bonds is 5. The zero-order chi connectivity index (χ0) is 15.2. The number of hydrogen-bond acceptors (Lipinski definition) is 1. The van der Waals surface area contributed by atoms with Gasteiger partial charge in [0, 0.05) is 16.6 Å². The van der Waals surface area contributed by atoms with Crippen molar-refractivity contribution in [3.8, 4) is 0 Å². The zero-order valence-corrected chi connectivity index (χ0v) is 14.0. The Kier molecular flexibility index (Phi) is 5.57. The molecule has 0 saturated carbocycles. The maximum Gasteiger partial charge on any atom is 0.224 e. The van der Waals surface area contributed by atoms with Crippen LogP contribution >= 0.6 is 15.9 Å². The molecular weight excluding hydrogens is 326 g/mol. The summed E-state index contributed by atoms with van der Waals surface area (Å²) in [5, 5.41) is 2.91. The molecule has 0 spiro atoms. The second-order valence-electron chi connectivity index (χ2n) is 5.45. The van der Waals surface area contributed by atoms with Crippen LogP contribution in [0.2, 0.25) is 0 Å². The van der Waals surface area contributed by atoms with E-state index in [2.05, 4.69) is 59.4 Å². The van der Waals surface area contributed by atoms with Gasteiger partial charge in [0.1, 0.15) is 0 Å². The first kappa shape index (κ1) is 15.8. The molecule has 0 aliphatic heterocycles. The molecule has 0 heterocycles. The minimum absolute atomic E-state index is 0.0426. The van der Waals surface area contributed by atoms with Gasteiger partial charge in [0.05, 0.1) is 0 Å². The highest BCUT2D eigenvalue weighted by Crippen LogP contribution is 2.17. The van der Waals surface area contributed by atoms with Crippen molar-refractivity contribution in [2.45, 2.75) is 32.6 Å². The molecule has 3 heteroatoms. The average Bonchev–Trinajstić information content (AvgIpc) is 2.45. The van der Waals surface area contributed by atoms with E-state index in [9.17, 15) is 4.79 Å². The number of nitrogens with one attached hydrogen (secondary N) is 1. The Labute approximate surface area is 134 Å². The largest absolute Gasteiger partial charge is 0.326 e. The summed E-state index contributed by atoms with van der Waals surface area (Å²) in [6.45, 7) is 4.36. The van der Waals surface area contributed by atoms with Crippen LogP contribution in [0.5, 0.6) is 0 Å². The third kappa shape index (κ3) is 5.01. The molecule has 0 aromatic heterocycles. The van der Waals surface area contributed by atoms with Gasteiger partial charge in [-0.05, 0) is 41.7 Å². The van der Waals surface area contributed by atoms with Crippen LogP contribution in [0.15, 0.2) is 53.0 Å². The molecule has 0 aliphatic carbocycles. The highest BCUT2D eigenvalue weighted by atomic mass is 79.9. The monoisotopic (exact) mass is 345 g/mol. The molecule has 0 bridgehead atoms. The SMILES string of the molecule is CC(C)c1ccc(CCC(=O)Nc2cccc(Br)c2)cc1. The maximum atomic E-state index is 11.9. The molecule has 0 unspecified atom stereocenters. The first-order valence-corrected chi connectivity index (χ1v) is 7.98. The van der Waals surface area contributed by atoms with Crippen LogP contribution in [0.4, 0.5) is 5.69 Å². The topological polar surface area (TPSA) is 29.1 Å². The van der Waals surface area contributed by atoms with Gasteiger partial charge in [-0.15, -0.1) is 0 Å². The van der Waals surface area contributed by atoms with Crippen molar-refractivity contribution in [3.05, 3.63) is 64.1 Å². The van der Waals surface area contributed by atoms with Crippen LogP contribution in [-0.2, 0) is 11.2 Å². The Hall–Kier alpha value is -1.61. The van der Waals surface area contributed by atoms with Gasteiger partial charge >= 0.3 is 0 Å². The summed E-state index contributed by atoms with van der Waals surface area (Å²) in [5.74, 6) is 0.583. The quantitative estimate of drug-likeness (QED) is 0.798. The van der Waals surface area contributed by atoms with Crippen molar-refractivity contribution < 1.29 is 4.79 Å². The van der Waals surface area contributed by atoms with Crippen molar-refractivity contribution >= 4 is 27.5 Å². The van der Waals surface area contributed by atoms with Crippen LogP contribution in [0, 0.1) is 0 Å². The Morgan fingerprint density at radius 3 is 2.48 bits per heavy atom. The third-order valence-corrected chi connectivity index (χ3v) is 3.89. The number of anilines is 1. The van der Waals surface area contributed by atoms with Gasteiger partial charge < -0.3 is 5.32 Å². The first-order valence-electron chi connectivity index (χ1n) is 7.19. The van der Waals surface area contributed by atoms with Gasteiger partial charge in [-0.2, -0.15) is 0 Å². The fourth-order valence-corrected chi connectivity index (χ4v) is 2.52. The fraction of sp³-hybridized carbons (Fsp3) is 0.278. The predicted molar refractivity (Wildman–Crippen MR) is 91.6 cm³/mol. The van der Waals surface area contributed by atoms with Gasteiger partial charge in [0.15, 0.2) is 0 Å². The molecule has 0 fully saturated rings. The third-order valence-electron chi connectivity index (χ3n) is 3.40. The summed E-state index contributed by atoms with van der Waals surface area (Å²) in [6, 6.07) is 16.1. The number of carbonyl (C=O) groups is 1. The van der Waals surface area contributed by atoms with E-state index in [1.165, 1.54) is 11.1 Å². The molecule has 21 heavy (non-hydrogen) atoms. The minimum atomic E-state index is 0.0426. The van der Waals surface area contributed by atoms with Crippen molar-refractivity contribution in [2.75, 3.05) is 5.32 Å². The Bertz CT molecular complexity index is 605. The molecule has 2 rings (SSSR count). The molecule has 2 aromatic carbocycles. The van der Waals surface area contributed by atoms with Gasteiger partial charge in [0.25, 0.3) is 0 Å². The van der Waals surface area contributed by atoms with E-state index in [1.807, 2.05) is 24.3 Å². The van der Waals surface area contributed by atoms with E-state index < -0.39 is 0 Å². The lowest BCUT2D eigenvalue weighted by Gasteiger charge is -2.08. The number of hydrogen-bond donors (Lipinski definition) is 1. The molecular formula is C18H20BrNO. The molecule has 110 valence electrons. The van der Waals surface area contributed by atoms with Crippen LogP contribution in [-0.4, -0.2) is 5.91 Å². The smallest absolute Gasteiger partial charge is 0.224 e. The van der Waals surface area contributed by atoms with Gasteiger partial charge in [-0.1, -0.05) is 60.1 Å². The lowest BCUT2D eigenvalue weighted by atomic mass is 10.0. The maximum absolute atomic E-state index is 11.9. The zero-order valence-electron chi connectivity index (χ0n) is 12.4. The summed E-state index contributed by atoms with van der Waals surface area (Å²) >= 11 is 3.39. The van der Waals surface area contributed by atoms with E-state index >= 15 is 0 Å². The molecule has 0 atom stereocenters. The summed E-state index contributed by atoms with van der Waals surface area (Å²) in [4.78, 5) is 11.9. The number of carbonyl (C=O) groups excluding carboxylic acids is 1. The summed E-state index contributed by atoms with van der Waals surface area (Å²) < 4.78 is 0.963. The highest BCUT2D eigenvalue weighted by Gasteiger charge is 2.04. The van der Waals surface area contributed by atoms with E-state index in [4.69, 9.17) is 0 Å². The minimum Gasteiger partial charge on any atom is -0.326 e. The standard InChI is InChI=1S/C18H20BrNO/c1-13(2)15-9-6-14(7-10-15)8-11-18(21)20-17-5-3-4-16(19)12-17/h3-7,9-10,12-13H,8,11H2,1-2H3,(H,20,21). The van der Waals surface area contributed by atoms with Crippen molar-refractivity contribution in [1.82, 2.24) is 0 Å². The Morgan fingerprint density at radius 2 is 1.86 bits per heavy atom. The van der Waals surface area contributed by atoms with E-state index in [-0.39, 0.29) is 5.91 Å². The van der Waals surface area contributed by atoms with Gasteiger partial charge in [0.2, 0.25) is 5.91 Å². The average molecular weight is 346 g/mol. The molecule has 0 radical (unpaired) electrons. The van der Waals surface area contributed by atoms with Crippen molar-refractivity contribution in [3.63, 3.8) is 0 Å². The van der Waals surface area contributed by atoms with Gasteiger partial charge in [-0.25, -0.2) is 0 Å². The molecule has 1 amide bonds. The second-order valence-corrected chi connectivity index (χ2v) is 6.37. The van der Waals surface area contributed by atoms with E-state index in [0.717, 1.165) is 16.6 Å².